The Labute approximate surface area is 189 Å². The molecule has 0 fully saturated rings. The van der Waals surface area contributed by atoms with E-state index in [0.717, 1.165) is 16.7 Å². The Morgan fingerprint density at radius 3 is 2.53 bits per heavy atom. The summed E-state index contributed by atoms with van der Waals surface area (Å²) < 4.78 is 36.1. The highest BCUT2D eigenvalue weighted by molar-refractivity contribution is 7.92. The Kier molecular flexibility index (Phi) is 7.23. The van der Waals surface area contributed by atoms with Gasteiger partial charge in [-0.15, -0.1) is 0 Å². The first-order chi connectivity index (χ1) is 15.1. The highest BCUT2D eigenvalue weighted by Gasteiger charge is 2.25. The van der Waals surface area contributed by atoms with Crippen LogP contribution < -0.4 is 9.04 Å². The van der Waals surface area contributed by atoms with E-state index < -0.39 is 22.6 Å². The minimum absolute atomic E-state index is 0.242. The number of ether oxygens (including phenoxy) is 2. The maximum absolute atomic E-state index is 12.5. The Hall–Kier alpha value is -2.87. The Morgan fingerprint density at radius 1 is 1.09 bits per heavy atom. The van der Waals surface area contributed by atoms with Gasteiger partial charge >= 0.3 is 5.97 Å². The van der Waals surface area contributed by atoms with Crippen molar-refractivity contribution in [3.05, 3.63) is 58.7 Å². The Balaban J connectivity index is 1.59. The molecule has 2 aromatic rings. The van der Waals surface area contributed by atoms with Crippen LogP contribution in [0.25, 0.3) is 0 Å². The molecule has 0 atom stereocenters. The van der Waals surface area contributed by atoms with E-state index in [-0.39, 0.29) is 18.3 Å². The predicted molar refractivity (Wildman–Crippen MR) is 123 cm³/mol. The molecule has 2 aromatic carbocycles. The fraction of sp³-hybridized carbons (Fsp3) is 0.417. The first-order valence-electron chi connectivity index (χ1n) is 10.6. The maximum Gasteiger partial charge on any atom is 0.344 e. The van der Waals surface area contributed by atoms with E-state index in [0.29, 0.717) is 36.4 Å². The van der Waals surface area contributed by atoms with Gasteiger partial charge in [0.15, 0.2) is 19.0 Å². The molecule has 0 aliphatic carbocycles. The summed E-state index contributed by atoms with van der Waals surface area (Å²) in [4.78, 5) is 24.7. The lowest BCUT2D eigenvalue weighted by Crippen LogP contribution is -2.34. The summed E-state index contributed by atoms with van der Waals surface area (Å²) in [6.07, 6.45) is 2.54. The number of ketones is 1. The van der Waals surface area contributed by atoms with Crippen molar-refractivity contribution in [1.82, 2.24) is 0 Å². The number of anilines is 1. The molecule has 0 amide bonds. The number of esters is 1. The average Bonchev–Trinajstić information content (AvgIpc) is 2.74. The fourth-order valence-corrected chi connectivity index (χ4v) is 4.73. The summed E-state index contributed by atoms with van der Waals surface area (Å²) in [5, 5.41) is 0. The summed E-state index contributed by atoms with van der Waals surface area (Å²) >= 11 is 0. The van der Waals surface area contributed by atoms with Crippen molar-refractivity contribution >= 4 is 27.5 Å². The number of nitrogens with zero attached hydrogens (tertiary/aromatic N) is 1. The number of sulfonamides is 1. The van der Waals surface area contributed by atoms with Crippen LogP contribution in [0, 0.1) is 6.92 Å². The van der Waals surface area contributed by atoms with Gasteiger partial charge in [-0.2, -0.15) is 0 Å². The van der Waals surface area contributed by atoms with Gasteiger partial charge in [0.1, 0.15) is 5.75 Å². The molecule has 1 heterocycles. The SMILES string of the molecule is Cc1ccc(C(C)C)c(OCC(=O)OCC(=O)c2ccc3c(c2)CCCN3S(C)(=O)=O)c1. The van der Waals surface area contributed by atoms with Crippen molar-refractivity contribution in [3.8, 4) is 5.75 Å². The molecule has 3 rings (SSSR count). The molecule has 0 N–H and O–H groups in total. The Morgan fingerprint density at radius 2 is 1.84 bits per heavy atom. The quantitative estimate of drug-likeness (QED) is 0.442. The first kappa shape index (κ1) is 23.8. The van der Waals surface area contributed by atoms with Gasteiger partial charge in [0.25, 0.3) is 0 Å². The van der Waals surface area contributed by atoms with Gasteiger partial charge < -0.3 is 9.47 Å². The zero-order valence-electron chi connectivity index (χ0n) is 18.9. The normalized spacial score (nSPS) is 13.6. The lowest BCUT2D eigenvalue weighted by molar-refractivity contribution is -0.144. The minimum atomic E-state index is -3.37. The average molecular weight is 460 g/mol. The number of hydrogen-bond acceptors (Lipinski definition) is 6. The van der Waals surface area contributed by atoms with Crippen LogP contribution in [0.15, 0.2) is 36.4 Å². The maximum atomic E-state index is 12.5. The standard InChI is InChI=1S/C24H29NO6S/c1-16(2)20-9-7-17(3)12-23(20)30-15-24(27)31-14-22(26)19-8-10-21-18(13-19)6-5-11-25(21)32(4,28)29/h7-10,12-13,16H,5-6,11,14-15H2,1-4H3. The van der Waals surface area contributed by atoms with Gasteiger partial charge in [0.05, 0.1) is 11.9 Å². The van der Waals surface area contributed by atoms with Crippen LogP contribution >= 0.6 is 0 Å². The molecule has 8 heteroatoms. The van der Waals surface area contributed by atoms with Crippen molar-refractivity contribution in [2.24, 2.45) is 0 Å². The Bertz CT molecular complexity index is 1120. The van der Waals surface area contributed by atoms with Crippen LogP contribution in [0.5, 0.6) is 5.75 Å². The summed E-state index contributed by atoms with van der Waals surface area (Å²) in [6, 6.07) is 10.7. The molecule has 0 radical (unpaired) electrons. The molecule has 7 nitrogen and oxygen atoms in total. The van der Waals surface area contributed by atoms with Gasteiger partial charge in [-0.05, 0) is 66.6 Å². The topological polar surface area (TPSA) is 90.0 Å². The number of rotatable bonds is 8. The second kappa shape index (κ2) is 9.73. The molecule has 1 aliphatic heterocycles. The van der Waals surface area contributed by atoms with Gasteiger partial charge in [-0.3, -0.25) is 9.10 Å². The second-order valence-corrected chi connectivity index (χ2v) is 10.3. The highest BCUT2D eigenvalue weighted by Crippen LogP contribution is 2.30. The number of hydrogen-bond donors (Lipinski definition) is 0. The zero-order chi connectivity index (χ0) is 23.5. The number of benzene rings is 2. The van der Waals surface area contributed by atoms with Crippen LogP contribution in [0.1, 0.15) is 53.2 Å². The van der Waals surface area contributed by atoms with Crippen LogP contribution in [0.2, 0.25) is 0 Å². The van der Waals surface area contributed by atoms with Crippen molar-refractivity contribution < 1.29 is 27.5 Å². The fourth-order valence-electron chi connectivity index (χ4n) is 3.73. The largest absolute Gasteiger partial charge is 0.482 e. The number of carbonyl (C=O) groups is 2. The summed E-state index contributed by atoms with van der Waals surface area (Å²) in [6.45, 7) is 5.77. The summed E-state index contributed by atoms with van der Waals surface area (Å²) in [7, 11) is -3.37. The highest BCUT2D eigenvalue weighted by atomic mass is 32.2. The van der Waals surface area contributed by atoms with Gasteiger partial charge in [-0.25, -0.2) is 13.2 Å². The van der Waals surface area contributed by atoms with Crippen molar-refractivity contribution in [2.75, 3.05) is 30.3 Å². The van der Waals surface area contributed by atoms with Crippen molar-refractivity contribution in [2.45, 2.75) is 39.5 Å². The van der Waals surface area contributed by atoms with E-state index >= 15 is 0 Å². The van der Waals surface area contributed by atoms with E-state index in [2.05, 4.69) is 0 Å². The second-order valence-electron chi connectivity index (χ2n) is 8.35. The van der Waals surface area contributed by atoms with Gasteiger partial charge in [0.2, 0.25) is 10.0 Å². The molecule has 0 aromatic heterocycles. The lowest BCUT2D eigenvalue weighted by Gasteiger charge is -2.29. The van der Waals surface area contributed by atoms with E-state index in [1.165, 1.54) is 10.6 Å². The van der Waals surface area contributed by atoms with E-state index in [1.807, 2.05) is 39.0 Å². The van der Waals surface area contributed by atoms with Gasteiger partial charge in [0, 0.05) is 12.1 Å². The van der Waals surface area contributed by atoms with Crippen molar-refractivity contribution in [1.29, 1.82) is 0 Å². The summed E-state index contributed by atoms with van der Waals surface area (Å²) in [5.74, 6) is -0.106. The molecule has 0 spiro atoms. The number of aryl methyl sites for hydroxylation is 2. The van der Waals surface area contributed by atoms with Crippen molar-refractivity contribution in [3.63, 3.8) is 0 Å². The van der Waals surface area contributed by atoms with Crippen LogP contribution in [-0.4, -0.2) is 46.2 Å². The van der Waals surface area contributed by atoms with Crippen LogP contribution in [0.4, 0.5) is 5.69 Å². The molecule has 0 bridgehead atoms. The molecule has 0 saturated heterocycles. The monoisotopic (exact) mass is 459 g/mol. The third kappa shape index (κ3) is 5.68. The number of Topliss-reactive ketones (excluding diaryl/α,β-unsaturated/α-hetero) is 1. The number of carbonyl (C=O) groups excluding carboxylic acids is 2. The third-order valence-electron chi connectivity index (χ3n) is 5.38. The third-order valence-corrected chi connectivity index (χ3v) is 6.56. The molecular weight excluding hydrogens is 430 g/mol. The molecule has 172 valence electrons. The lowest BCUT2D eigenvalue weighted by atomic mass is 9.99. The summed E-state index contributed by atoms with van der Waals surface area (Å²) in [5.41, 5.74) is 3.79. The van der Waals surface area contributed by atoms with E-state index in [4.69, 9.17) is 9.47 Å². The smallest absolute Gasteiger partial charge is 0.344 e. The predicted octanol–water partition coefficient (Wildman–Crippen LogP) is 3.64. The zero-order valence-corrected chi connectivity index (χ0v) is 19.7. The first-order valence-corrected chi connectivity index (χ1v) is 12.4. The van der Waals surface area contributed by atoms with E-state index in [9.17, 15) is 18.0 Å². The van der Waals surface area contributed by atoms with E-state index in [1.54, 1.807) is 18.2 Å². The molecular formula is C24H29NO6S. The molecule has 32 heavy (non-hydrogen) atoms. The van der Waals surface area contributed by atoms with Gasteiger partial charge in [-0.1, -0.05) is 26.0 Å². The minimum Gasteiger partial charge on any atom is -0.482 e. The van der Waals surface area contributed by atoms with Crippen LogP contribution in [0.3, 0.4) is 0 Å². The molecule has 0 unspecified atom stereocenters. The molecule has 0 saturated carbocycles. The molecule has 1 aliphatic rings. The number of fused-ring (bicyclic) bond motifs is 1. The van der Waals surface area contributed by atoms with Crippen LogP contribution in [-0.2, 0) is 26.0 Å².